The topological polar surface area (TPSA) is 26.0 Å². The number of hydrogen-bond acceptors (Lipinski definition) is 1. The summed E-state index contributed by atoms with van der Waals surface area (Å²) in [6, 6.07) is 10.8. The summed E-state index contributed by atoms with van der Waals surface area (Å²) < 4.78 is 0. The second-order valence-electron chi connectivity index (χ2n) is 5.11. The van der Waals surface area contributed by atoms with E-state index >= 15 is 0 Å². The van der Waals surface area contributed by atoms with Crippen molar-refractivity contribution < 1.29 is 0 Å². The lowest BCUT2D eigenvalue weighted by molar-refractivity contribution is 0.337. The largest absolute Gasteiger partial charge is 0.324 e. The Bertz CT molecular complexity index is 405. The molecule has 0 spiro atoms. The third kappa shape index (κ3) is 3.07. The van der Waals surface area contributed by atoms with Gasteiger partial charge in [0.25, 0.3) is 0 Å². The summed E-state index contributed by atoms with van der Waals surface area (Å²) >= 11 is 0. The number of benzene rings is 1. The molecule has 2 unspecified atom stereocenters. The Labute approximate surface area is 104 Å². The molecule has 1 aliphatic carbocycles. The van der Waals surface area contributed by atoms with E-state index in [1.165, 1.54) is 12.0 Å². The highest BCUT2D eigenvalue weighted by Crippen LogP contribution is 2.32. The maximum Gasteiger partial charge on any atom is 0.0316 e. The number of aryl methyl sites for hydroxylation is 1. The maximum atomic E-state index is 6.15. The van der Waals surface area contributed by atoms with Crippen molar-refractivity contribution in [1.82, 2.24) is 0 Å². The summed E-state index contributed by atoms with van der Waals surface area (Å²) in [5, 5.41) is 0. The first-order valence-corrected chi connectivity index (χ1v) is 6.36. The Kier molecular flexibility index (Phi) is 3.80. The molecule has 0 aliphatic heterocycles. The molecule has 17 heavy (non-hydrogen) atoms. The minimum atomic E-state index is 0.129. The highest BCUT2D eigenvalue weighted by Gasteiger charge is 2.27. The van der Waals surface area contributed by atoms with Crippen LogP contribution >= 0.6 is 0 Å². The highest BCUT2D eigenvalue weighted by molar-refractivity contribution is 5.21. The third-order valence-electron chi connectivity index (χ3n) is 3.69. The summed E-state index contributed by atoms with van der Waals surface area (Å²) in [7, 11) is 0. The summed E-state index contributed by atoms with van der Waals surface area (Å²) in [6.07, 6.45) is 12.0. The predicted octanol–water partition coefficient (Wildman–Crippen LogP) is 3.47. The van der Waals surface area contributed by atoms with Crippen molar-refractivity contribution in [3.63, 3.8) is 0 Å². The number of rotatable bonds is 4. The smallest absolute Gasteiger partial charge is 0.0316 e. The first kappa shape index (κ1) is 12.1. The van der Waals surface area contributed by atoms with Crippen LogP contribution in [0.4, 0.5) is 0 Å². The standard InChI is InChI=1S/C16H21N/c1-16(12-6-5-11-15(16)17)13-7-10-14-8-3-2-4-9-14/h2-6,8-9,11-12,15H,7,10,13,17H2,1H3. The van der Waals surface area contributed by atoms with Crippen molar-refractivity contribution in [2.45, 2.75) is 32.2 Å². The van der Waals surface area contributed by atoms with Gasteiger partial charge in [-0.2, -0.15) is 0 Å². The van der Waals surface area contributed by atoms with Gasteiger partial charge in [0.15, 0.2) is 0 Å². The molecular formula is C16H21N. The van der Waals surface area contributed by atoms with E-state index in [-0.39, 0.29) is 11.5 Å². The van der Waals surface area contributed by atoms with E-state index in [1.807, 2.05) is 6.08 Å². The lowest BCUT2D eigenvalue weighted by Crippen LogP contribution is -2.37. The summed E-state index contributed by atoms with van der Waals surface area (Å²) in [6.45, 7) is 2.25. The normalized spacial score (nSPS) is 27.3. The van der Waals surface area contributed by atoms with Gasteiger partial charge >= 0.3 is 0 Å². The fraction of sp³-hybridized carbons (Fsp3) is 0.375. The fourth-order valence-electron chi connectivity index (χ4n) is 2.36. The minimum absolute atomic E-state index is 0.129. The molecule has 0 amide bonds. The van der Waals surface area contributed by atoms with E-state index < -0.39 is 0 Å². The molecule has 0 saturated carbocycles. The first-order valence-electron chi connectivity index (χ1n) is 6.36. The van der Waals surface area contributed by atoms with Crippen LogP contribution in [0.1, 0.15) is 25.3 Å². The molecule has 0 bridgehead atoms. The lowest BCUT2D eigenvalue weighted by atomic mass is 9.75. The molecular weight excluding hydrogens is 206 g/mol. The number of allylic oxidation sites excluding steroid dienone is 2. The van der Waals surface area contributed by atoms with Crippen LogP contribution in [0.3, 0.4) is 0 Å². The molecule has 0 radical (unpaired) electrons. The SMILES string of the molecule is CC1(CCCc2ccccc2)C=CC=CC1N. The lowest BCUT2D eigenvalue weighted by Gasteiger charge is -2.32. The first-order chi connectivity index (χ1) is 8.21. The van der Waals surface area contributed by atoms with Crippen molar-refractivity contribution in [3.8, 4) is 0 Å². The van der Waals surface area contributed by atoms with Crippen LogP contribution in [0.25, 0.3) is 0 Å². The number of hydrogen-bond donors (Lipinski definition) is 1. The van der Waals surface area contributed by atoms with Gasteiger partial charge in [0, 0.05) is 11.5 Å². The van der Waals surface area contributed by atoms with Crippen molar-refractivity contribution in [2.75, 3.05) is 0 Å². The fourth-order valence-corrected chi connectivity index (χ4v) is 2.36. The van der Waals surface area contributed by atoms with Crippen molar-refractivity contribution in [3.05, 3.63) is 60.2 Å². The second kappa shape index (κ2) is 5.33. The Balaban J connectivity index is 1.86. The van der Waals surface area contributed by atoms with Crippen LogP contribution in [-0.4, -0.2) is 6.04 Å². The zero-order valence-electron chi connectivity index (χ0n) is 10.5. The van der Waals surface area contributed by atoms with Crippen LogP contribution in [0.5, 0.6) is 0 Å². The Morgan fingerprint density at radius 2 is 1.94 bits per heavy atom. The van der Waals surface area contributed by atoms with Crippen LogP contribution in [-0.2, 0) is 6.42 Å². The maximum absolute atomic E-state index is 6.15. The molecule has 90 valence electrons. The molecule has 0 aromatic heterocycles. The van der Waals surface area contributed by atoms with Gasteiger partial charge in [0.1, 0.15) is 0 Å². The molecule has 2 N–H and O–H groups in total. The number of nitrogens with two attached hydrogens (primary N) is 1. The van der Waals surface area contributed by atoms with Gasteiger partial charge in [-0.05, 0) is 24.8 Å². The van der Waals surface area contributed by atoms with E-state index in [0.29, 0.717) is 0 Å². The van der Waals surface area contributed by atoms with Crippen LogP contribution in [0.2, 0.25) is 0 Å². The van der Waals surface area contributed by atoms with Gasteiger partial charge in [-0.25, -0.2) is 0 Å². The zero-order chi connectivity index (χ0) is 12.1. The Morgan fingerprint density at radius 3 is 2.65 bits per heavy atom. The molecule has 1 aromatic rings. The van der Waals surface area contributed by atoms with E-state index in [9.17, 15) is 0 Å². The molecule has 2 atom stereocenters. The average Bonchev–Trinajstić information content (AvgIpc) is 2.35. The summed E-state index contributed by atoms with van der Waals surface area (Å²) in [5.74, 6) is 0. The van der Waals surface area contributed by atoms with Crippen molar-refractivity contribution >= 4 is 0 Å². The molecule has 1 aromatic carbocycles. The van der Waals surface area contributed by atoms with Gasteiger partial charge in [-0.3, -0.25) is 0 Å². The second-order valence-corrected chi connectivity index (χ2v) is 5.11. The van der Waals surface area contributed by atoms with Gasteiger partial charge in [0.2, 0.25) is 0 Å². The molecule has 0 saturated heterocycles. The van der Waals surface area contributed by atoms with Gasteiger partial charge < -0.3 is 5.73 Å². The molecule has 1 heteroatoms. The summed E-state index contributed by atoms with van der Waals surface area (Å²) in [5.41, 5.74) is 7.70. The Hall–Kier alpha value is -1.34. The molecule has 0 fully saturated rings. The highest BCUT2D eigenvalue weighted by atomic mass is 14.7. The minimum Gasteiger partial charge on any atom is -0.324 e. The quantitative estimate of drug-likeness (QED) is 0.837. The van der Waals surface area contributed by atoms with E-state index in [2.05, 4.69) is 55.5 Å². The molecule has 1 nitrogen and oxygen atoms in total. The van der Waals surface area contributed by atoms with Crippen LogP contribution in [0.15, 0.2) is 54.6 Å². The Morgan fingerprint density at radius 1 is 1.18 bits per heavy atom. The summed E-state index contributed by atoms with van der Waals surface area (Å²) in [4.78, 5) is 0. The van der Waals surface area contributed by atoms with E-state index in [4.69, 9.17) is 5.73 Å². The monoisotopic (exact) mass is 227 g/mol. The molecule has 1 aliphatic rings. The van der Waals surface area contributed by atoms with Crippen molar-refractivity contribution in [2.24, 2.45) is 11.1 Å². The predicted molar refractivity (Wildman–Crippen MR) is 73.7 cm³/mol. The van der Waals surface area contributed by atoms with E-state index in [0.717, 1.165) is 12.8 Å². The molecule has 0 heterocycles. The van der Waals surface area contributed by atoms with Gasteiger partial charge in [0.05, 0.1) is 0 Å². The zero-order valence-corrected chi connectivity index (χ0v) is 10.5. The van der Waals surface area contributed by atoms with E-state index in [1.54, 1.807) is 0 Å². The average molecular weight is 227 g/mol. The van der Waals surface area contributed by atoms with Crippen LogP contribution in [0, 0.1) is 5.41 Å². The molecule has 2 rings (SSSR count). The van der Waals surface area contributed by atoms with Crippen LogP contribution < -0.4 is 5.73 Å². The third-order valence-corrected chi connectivity index (χ3v) is 3.69. The van der Waals surface area contributed by atoms with Gasteiger partial charge in [-0.1, -0.05) is 61.6 Å². The van der Waals surface area contributed by atoms with Crippen molar-refractivity contribution in [1.29, 1.82) is 0 Å². The van der Waals surface area contributed by atoms with Gasteiger partial charge in [-0.15, -0.1) is 0 Å².